The van der Waals surface area contributed by atoms with Crippen LogP contribution in [0.25, 0.3) is 0 Å². The van der Waals surface area contributed by atoms with Crippen LogP contribution in [0.1, 0.15) is 22.8 Å². The summed E-state index contributed by atoms with van der Waals surface area (Å²) in [5.41, 5.74) is 1.14. The van der Waals surface area contributed by atoms with Gasteiger partial charge in [0.15, 0.2) is 0 Å². The van der Waals surface area contributed by atoms with Crippen molar-refractivity contribution in [2.75, 3.05) is 20.2 Å². The molecule has 1 aromatic heterocycles. The molecule has 0 bridgehead atoms. The van der Waals surface area contributed by atoms with E-state index in [1.54, 1.807) is 19.2 Å². The summed E-state index contributed by atoms with van der Waals surface area (Å²) in [6.45, 7) is 2.72. The van der Waals surface area contributed by atoms with E-state index in [0.717, 1.165) is 0 Å². The van der Waals surface area contributed by atoms with Gasteiger partial charge >= 0.3 is 5.97 Å². The Balaban J connectivity index is 2.79. The third-order valence-electron chi connectivity index (χ3n) is 1.75. The van der Waals surface area contributed by atoms with Crippen molar-refractivity contribution in [2.24, 2.45) is 0 Å². The number of rotatable bonds is 3. The minimum absolute atomic E-state index is 0.356. The van der Waals surface area contributed by atoms with E-state index in [-0.39, 0.29) is 5.97 Å². The van der Waals surface area contributed by atoms with Crippen molar-refractivity contribution in [1.29, 1.82) is 0 Å². The Morgan fingerprint density at radius 1 is 1.56 bits per heavy atom. The van der Waals surface area contributed by atoms with Crippen molar-refractivity contribution < 1.29 is 9.53 Å². The molecule has 0 fully saturated rings. The van der Waals surface area contributed by atoms with Gasteiger partial charge in [0.2, 0.25) is 0 Å². The van der Waals surface area contributed by atoms with E-state index in [1.807, 2.05) is 7.05 Å². The molecular weight excluding hydrogens is 204 g/mol. The topological polar surface area (TPSA) is 51.2 Å². The van der Waals surface area contributed by atoms with Crippen LogP contribution in [-0.2, 0) is 4.74 Å². The van der Waals surface area contributed by atoms with Gasteiger partial charge in [-0.15, -0.1) is 0 Å². The number of esters is 1. The van der Waals surface area contributed by atoms with Crippen LogP contribution >= 0.6 is 0 Å². The molecule has 0 radical (unpaired) electrons. The van der Waals surface area contributed by atoms with Crippen molar-refractivity contribution >= 4 is 5.97 Å². The summed E-state index contributed by atoms with van der Waals surface area (Å²) in [6, 6.07) is 1.67. The first-order valence-electron chi connectivity index (χ1n) is 5.03. The van der Waals surface area contributed by atoms with Gasteiger partial charge in [-0.25, -0.2) is 4.79 Å². The molecule has 4 nitrogen and oxygen atoms in total. The van der Waals surface area contributed by atoms with Gasteiger partial charge < -0.3 is 10.1 Å². The standard InChI is InChI=1S/C12H14N2O2/c1-3-16-12(15)11-7-10(8-14-9-11)5-4-6-13-2/h7-9,13H,3,6H2,1-2H3. The van der Waals surface area contributed by atoms with Gasteiger partial charge in [-0.1, -0.05) is 11.8 Å². The summed E-state index contributed by atoms with van der Waals surface area (Å²) in [7, 11) is 1.82. The monoisotopic (exact) mass is 218 g/mol. The highest BCUT2D eigenvalue weighted by Gasteiger charge is 2.06. The molecule has 1 aromatic rings. The summed E-state index contributed by atoms with van der Waals surface area (Å²) in [5, 5.41) is 2.91. The van der Waals surface area contributed by atoms with Crippen LogP contribution in [0.3, 0.4) is 0 Å². The average Bonchev–Trinajstić information content (AvgIpc) is 2.30. The second-order valence-electron chi connectivity index (χ2n) is 3.01. The molecule has 0 aliphatic carbocycles. The van der Waals surface area contributed by atoms with E-state index in [1.165, 1.54) is 6.20 Å². The molecule has 0 amide bonds. The number of carbonyl (C=O) groups is 1. The smallest absolute Gasteiger partial charge is 0.339 e. The molecule has 0 atom stereocenters. The lowest BCUT2D eigenvalue weighted by Gasteiger charge is -2.00. The molecule has 1 N–H and O–H groups in total. The van der Waals surface area contributed by atoms with Crippen molar-refractivity contribution in [1.82, 2.24) is 10.3 Å². The normalized spacial score (nSPS) is 9.12. The molecule has 0 aromatic carbocycles. The first-order valence-corrected chi connectivity index (χ1v) is 5.03. The summed E-state index contributed by atoms with van der Waals surface area (Å²) < 4.78 is 4.87. The van der Waals surface area contributed by atoms with Gasteiger partial charge in [0.25, 0.3) is 0 Å². The lowest BCUT2D eigenvalue weighted by Crippen LogP contribution is -2.06. The molecule has 0 aliphatic heterocycles. The Morgan fingerprint density at radius 2 is 2.38 bits per heavy atom. The van der Waals surface area contributed by atoms with Crippen LogP contribution < -0.4 is 5.32 Å². The molecule has 1 heterocycles. The lowest BCUT2D eigenvalue weighted by molar-refractivity contribution is 0.0526. The van der Waals surface area contributed by atoms with Crippen LogP contribution in [-0.4, -0.2) is 31.2 Å². The molecule has 0 saturated heterocycles. The molecule has 84 valence electrons. The quantitative estimate of drug-likeness (QED) is 0.603. The number of carbonyl (C=O) groups excluding carboxylic acids is 1. The summed E-state index contributed by atoms with van der Waals surface area (Å²) in [4.78, 5) is 15.3. The number of hydrogen-bond donors (Lipinski definition) is 1. The summed E-state index contributed by atoms with van der Waals surface area (Å²) >= 11 is 0. The van der Waals surface area contributed by atoms with E-state index >= 15 is 0 Å². The number of aromatic nitrogens is 1. The SMILES string of the molecule is CCOC(=O)c1cncc(C#CCNC)c1. The lowest BCUT2D eigenvalue weighted by atomic mass is 10.2. The molecular formula is C12H14N2O2. The second-order valence-corrected chi connectivity index (χ2v) is 3.01. The zero-order chi connectivity index (χ0) is 11.8. The predicted molar refractivity (Wildman–Crippen MR) is 61.0 cm³/mol. The maximum Gasteiger partial charge on any atom is 0.339 e. The van der Waals surface area contributed by atoms with Crippen LogP contribution in [0.15, 0.2) is 18.5 Å². The van der Waals surface area contributed by atoms with Crippen molar-refractivity contribution in [3.63, 3.8) is 0 Å². The fourth-order valence-corrected chi connectivity index (χ4v) is 1.07. The summed E-state index contributed by atoms with van der Waals surface area (Å²) in [5.74, 6) is 5.43. The summed E-state index contributed by atoms with van der Waals surface area (Å²) in [6.07, 6.45) is 3.09. The fraction of sp³-hybridized carbons (Fsp3) is 0.333. The molecule has 16 heavy (non-hydrogen) atoms. The Bertz CT molecular complexity index is 419. The maximum atomic E-state index is 11.4. The zero-order valence-corrected chi connectivity index (χ0v) is 9.41. The van der Waals surface area contributed by atoms with E-state index in [9.17, 15) is 4.79 Å². The van der Waals surface area contributed by atoms with E-state index in [0.29, 0.717) is 24.3 Å². The van der Waals surface area contributed by atoms with Crippen LogP contribution in [0.2, 0.25) is 0 Å². The molecule has 0 unspecified atom stereocenters. The molecule has 0 spiro atoms. The Kier molecular flexibility index (Phi) is 5.03. The molecule has 0 aliphatic rings. The Morgan fingerprint density at radius 3 is 3.06 bits per heavy atom. The van der Waals surface area contributed by atoms with Crippen molar-refractivity contribution in [3.05, 3.63) is 29.6 Å². The number of pyridine rings is 1. The minimum Gasteiger partial charge on any atom is -0.462 e. The second kappa shape index (κ2) is 6.59. The highest BCUT2D eigenvalue weighted by Crippen LogP contribution is 2.03. The van der Waals surface area contributed by atoms with E-state index in [4.69, 9.17) is 4.74 Å². The average molecular weight is 218 g/mol. The maximum absolute atomic E-state index is 11.4. The first kappa shape index (κ1) is 12.2. The van der Waals surface area contributed by atoms with E-state index < -0.39 is 0 Å². The first-order chi connectivity index (χ1) is 7.77. The van der Waals surface area contributed by atoms with Crippen LogP contribution in [0, 0.1) is 11.8 Å². The van der Waals surface area contributed by atoms with E-state index in [2.05, 4.69) is 22.1 Å². The van der Waals surface area contributed by atoms with Gasteiger partial charge in [-0.3, -0.25) is 4.98 Å². The van der Waals surface area contributed by atoms with Gasteiger partial charge in [0, 0.05) is 18.0 Å². The number of ether oxygens (including phenoxy) is 1. The number of nitrogens with zero attached hydrogens (tertiary/aromatic N) is 1. The van der Waals surface area contributed by atoms with Crippen molar-refractivity contribution in [3.8, 4) is 11.8 Å². The fourth-order valence-electron chi connectivity index (χ4n) is 1.07. The van der Waals surface area contributed by atoms with Crippen LogP contribution in [0.4, 0.5) is 0 Å². The zero-order valence-electron chi connectivity index (χ0n) is 9.41. The third kappa shape index (κ3) is 3.71. The van der Waals surface area contributed by atoms with Crippen LogP contribution in [0.5, 0.6) is 0 Å². The Labute approximate surface area is 95.0 Å². The highest BCUT2D eigenvalue weighted by atomic mass is 16.5. The molecule has 0 saturated carbocycles. The third-order valence-corrected chi connectivity index (χ3v) is 1.75. The molecule has 1 rings (SSSR count). The predicted octanol–water partition coefficient (Wildman–Crippen LogP) is 0.829. The number of hydrogen-bond acceptors (Lipinski definition) is 4. The Hall–Kier alpha value is -1.86. The van der Waals surface area contributed by atoms with Crippen molar-refractivity contribution in [2.45, 2.75) is 6.92 Å². The highest BCUT2D eigenvalue weighted by molar-refractivity contribution is 5.89. The minimum atomic E-state index is -0.368. The molecule has 4 heteroatoms. The number of nitrogens with one attached hydrogen (secondary N) is 1. The largest absolute Gasteiger partial charge is 0.462 e. The van der Waals surface area contributed by atoms with Gasteiger partial charge in [0.1, 0.15) is 0 Å². The van der Waals surface area contributed by atoms with Gasteiger partial charge in [-0.2, -0.15) is 0 Å². The van der Waals surface area contributed by atoms with Gasteiger partial charge in [0.05, 0.1) is 18.7 Å². The van der Waals surface area contributed by atoms with Gasteiger partial charge in [-0.05, 0) is 20.0 Å².